The molecule has 0 saturated carbocycles. The molecule has 6 nitrogen and oxygen atoms in total. The molecule has 0 radical (unpaired) electrons. The summed E-state index contributed by atoms with van der Waals surface area (Å²) in [6, 6.07) is -0.536. The summed E-state index contributed by atoms with van der Waals surface area (Å²) in [5.41, 5.74) is 5.78. The van der Waals surface area contributed by atoms with Crippen molar-refractivity contribution in [2.24, 2.45) is 5.73 Å². The smallest absolute Gasteiger partial charge is 0.326 e. The Hall–Kier alpha value is -1.14. The van der Waals surface area contributed by atoms with Crippen molar-refractivity contribution in [1.82, 2.24) is 10.2 Å². The number of likely N-dealkylation sites (tertiary alicyclic amines) is 1. The van der Waals surface area contributed by atoms with Crippen LogP contribution in [0.2, 0.25) is 0 Å². The van der Waals surface area contributed by atoms with E-state index in [2.05, 4.69) is 5.32 Å². The second-order valence-electron chi connectivity index (χ2n) is 4.86. The maximum absolute atomic E-state index is 11.7. The van der Waals surface area contributed by atoms with Crippen molar-refractivity contribution in [3.63, 3.8) is 0 Å². The highest BCUT2D eigenvalue weighted by molar-refractivity contribution is 5.84. The average Bonchev–Trinajstić information content (AvgIpc) is 2.31. The van der Waals surface area contributed by atoms with E-state index in [0.717, 1.165) is 32.4 Å². The van der Waals surface area contributed by atoms with Gasteiger partial charge in [-0.2, -0.15) is 0 Å². The summed E-state index contributed by atoms with van der Waals surface area (Å²) >= 11 is 0. The van der Waals surface area contributed by atoms with Crippen molar-refractivity contribution in [3.05, 3.63) is 0 Å². The molecule has 0 bridgehead atoms. The van der Waals surface area contributed by atoms with Gasteiger partial charge in [-0.05, 0) is 19.3 Å². The molecule has 1 atom stereocenters. The van der Waals surface area contributed by atoms with Crippen LogP contribution in [-0.4, -0.2) is 53.6 Å². The molecule has 1 aliphatic heterocycles. The van der Waals surface area contributed by atoms with Crippen LogP contribution in [0.25, 0.3) is 0 Å². The molecule has 1 amide bonds. The molecule has 0 unspecified atom stereocenters. The highest BCUT2D eigenvalue weighted by atomic mass is 16.4. The third kappa shape index (κ3) is 5.01. The number of rotatable bonds is 6. The van der Waals surface area contributed by atoms with Gasteiger partial charge in [-0.25, -0.2) is 4.79 Å². The molecule has 1 heterocycles. The van der Waals surface area contributed by atoms with Gasteiger partial charge in [0.2, 0.25) is 5.91 Å². The Kier molecular flexibility index (Phi) is 6.07. The summed E-state index contributed by atoms with van der Waals surface area (Å²) in [7, 11) is 0. The number of carboxylic acid groups (broad SMARTS) is 1. The number of hydrogen-bond acceptors (Lipinski definition) is 4. The van der Waals surface area contributed by atoms with Gasteiger partial charge in [-0.3, -0.25) is 9.69 Å². The molecular formula is C12H23N3O3. The number of piperidine rings is 1. The van der Waals surface area contributed by atoms with Crippen LogP contribution in [0, 0.1) is 0 Å². The van der Waals surface area contributed by atoms with Crippen LogP contribution >= 0.6 is 0 Å². The number of nitrogens with two attached hydrogens (primary N) is 1. The molecule has 6 heteroatoms. The first kappa shape index (κ1) is 14.9. The lowest BCUT2D eigenvalue weighted by Crippen LogP contribution is -2.48. The first-order chi connectivity index (χ1) is 8.52. The van der Waals surface area contributed by atoms with Gasteiger partial charge >= 0.3 is 5.97 Å². The Bertz CT molecular complexity index is 288. The van der Waals surface area contributed by atoms with E-state index in [1.165, 1.54) is 0 Å². The largest absolute Gasteiger partial charge is 0.480 e. The normalized spacial score (nSPS) is 19.4. The molecular weight excluding hydrogens is 234 g/mol. The zero-order valence-electron chi connectivity index (χ0n) is 10.9. The zero-order valence-corrected chi connectivity index (χ0v) is 10.9. The molecule has 0 aromatic heterocycles. The van der Waals surface area contributed by atoms with Crippen LogP contribution in [0.1, 0.15) is 32.6 Å². The van der Waals surface area contributed by atoms with Gasteiger partial charge in [-0.1, -0.05) is 13.3 Å². The molecule has 1 saturated heterocycles. The van der Waals surface area contributed by atoms with Gasteiger partial charge in [0.25, 0.3) is 0 Å². The number of carbonyl (C=O) groups is 2. The van der Waals surface area contributed by atoms with E-state index in [-0.39, 0.29) is 18.5 Å². The fraction of sp³-hybridized carbons (Fsp3) is 0.833. The lowest BCUT2D eigenvalue weighted by molar-refractivity contribution is -0.142. The topological polar surface area (TPSA) is 95.7 Å². The van der Waals surface area contributed by atoms with Crippen molar-refractivity contribution in [3.8, 4) is 0 Å². The lowest BCUT2D eigenvalue weighted by Gasteiger charge is -2.29. The van der Waals surface area contributed by atoms with Crippen LogP contribution in [0.4, 0.5) is 0 Å². The Morgan fingerprint density at radius 1 is 1.44 bits per heavy atom. The molecule has 104 valence electrons. The van der Waals surface area contributed by atoms with Crippen molar-refractivity contribution in [2.75, 3.05) is 19.6 Å². The Balaban J connectivity index is 2.33. The number of aliphatic carboxylic acids is 1. The van der Waals surface area contributed by atoms with Gasteiger partial charge in [0.15, 0.2) is 0 Å². The maximum Gasteiger partial charge on any atom is 0.326 e. The summed E-state index contributed by atoms with van der Waals surface area (Å²) in [6.07, 6.45) is 2.98. The zero-order chi connectivity index (χ0) is 13.5. The summed E-state index contributed by atoms with van der Waals surface area (Å²) in [4.78, 5) is 24.7. The number of carbonyl (C=O) groups excluding carboxylic acids is 1. The molecule has 18 heavy (non-hydrogen) atoms. The number of nitrogens with one attached hydrogen (secondary N) is 1. The molecule has 1 aliphatic rings. The summed E-state index contributed by atoms with van der Waals surface area (Å²) in [5, 5.41) is 11.5. The van der Waals surface area contributed by atoms with E-state index in [0.29, 0.717) is 6.42 Å². The van der Waals surface area contributed by atoms with E-state index < -0.39 is 12.0 Å². The van der Waals surface area contributed by atoms with Crippen LogP contribution in [-0.2, 0) is 9.59 Å². The Morgan fingerprint density at radius 2 is 2.06 bits per heavy atom. The monoisotopic (exact) mass is 257 g/mol. The molecule has 1 fully saturated rings. The molecule has 4 N–H and O–H groups in total. The van der Waals surface area contributed by atoms with Gasteiger partial charge in [0.05, 0.1) is 6.54 Å². The third-order valence-corrected chi connectivity index (χ3v) is 3.21. The van der Waals surface area contributed by atoms with Gasteiger partial charge in [-0.15, -0.1) is 0 Å². The minimum Gasteiger partial charge on any atom is -0.480 e. The minimum absolute atomic E-state index is 0.216. The van der Waals surface area contributed by atoms with Crippen LogP contribution in [0.15, 0.2) is 0 Å². The number of amides is 1. The maximum atomic E-state index is 11.7. The van der Waals surface area contributed by atoms with Crippen LogP contribution in [0.5, 0.6) is 0 Å². The lowest BCUT2D eigenvalue weighted by atomic mass is 10.1. The SMILES string of the molecule is CCC[C@H](NC(=O)CN1CCC(N)CC1)C(=O)O. The summed E-state index contributed by atoms with van der Waals surface area (Å²) in [6.45, 7) is 3.77. The van der Waals surface area contributed by atoms with Gasteiger partial charge < -0.3 is 16.2 Å². The fourth-order valence-corrected chi connectivity index (χ4v) is 2.10. The quantitative estimate of drug-likeness (QED) is 0.611. The summed E-state index contributed by atoms with van der Waals surface area (Å²) in [5.74, 6) is -1.18. The van der Waals surface area contributed by atoms with E-state index in [4.69, 9.17) is 10.8 Å². The first-order valence-corrected chi connectivity index (χ1v) is 6.53. The van der Waals surface area contributed by atoms with E-state index in [1.54, 1.807) is 0 Å². The van der Waals surface area contributed by atoms with Gasteiger partial charge in [0, 0.05) is 19.1 Å². The summed E-state index contributed by atoms with van der Waals surface area (Å²) < 4.78 is 0. The highest BCUT2D eigenvalue weighted by Crippen LogP contribution is 2.07. The molecule has 0 aliphatic carbocycles. The predicted molar refractivity (Wildman–Crippen MR) is 68.1 cm³/mol. The van der Waals surface area contributed by atoms with Crippen molar-refractivity contribution in [1.29, 1.82) is 0 Å². The highest BCUT2D eigenvalue weighted by Gasteiger charge is 2.22. The first-order valence-electron chi connectivity index (χ1n) is 6.53. The van der Waals surface area contributed by atoms with Crippen molar-refractivity contribution < 1.29 is 14.7 Å². The standard InChI is InChI=1S/C12H23N3O3/c1-2-3-10(12(17)18)14-11(16)8-15-6-4-9(13)5-7-15/h9-10H,2-8,13H2,1H3,(H,14,16)(H,17,18)/t10-/m0/s1. The van der Waals surface area contributed by atoms with Crippen molar-refractivity contribution >= 4 is 11.9 Å². The second kappa shape index (κ2) is 7.33. The molecule has 0 aromatic carbocycles. The Morgan fingerprint density at radius 3 is 2.56 bits per heavy atom. The van der Waals surface area contributed by atoms with Crippen LogP contribution in [0.3, 0.4) is 0 Å². The Labute approximate surface area is 108 Å². The number of carboxylic acids is 1. The molecule has 1 rings (SSSR count). The average molecular weight is 257 g/mol. The van der Waals surface area contributed by atoms with Crippen molar-refractivity contribution in [2.45, 2.75) is 44.7 Å². The molecule has 0 spiro atoms. The number of hydrogen-bond donors (Lipinski definition) is 3. The predicted octanol–water partition coefficient (Wildman–Crippen LogP) is -0.221. The van der Waals surface area contributed by atoms with E-state index in [9.17, 15) is 9.59 Å². The third-order valence-electron chi connectivity index (χ3n) is 3.21. The van der Waals surface area contributed by atoms with E-state index >= 15 is 0 Å². The van der Waals surface area contributed by atoms with E-state index in [1.807, 2.05) is 11.8 Å². The molecule has 0 aromatic rings. The fourth-order valence-electron chi connectivity index (χ4n) is 2.10. The van der Waals surface area contributed by atoms with Crippen LogP contribution < -0.4 is 11.1 Å². The second-order valence-corrected chi connectivity index (χ2v) is 4.86. The minimum atomic E-state index is -0.967. The van der Waals surface area contributed by atoms with Gasteiger partial charge in [0.1, 0.15) is 6.04 Å². The number of nitrogens with zero attached hydrogens (tertiary/aromatic N) is 1.